The van der Waals surface area contributed by atoms with E-state index in [9.17, 15) is 0 Å². The van der Waals surface area contributed by atoms with Gasteiger partial charge in [0.2, 0.25) is 0 Å². The molecule has 1 aliphatic rings. The van der Waals surface area contributed by atoms with Gasteiger partial charge in [-0.05, 0) is 37.2 Å². The van der Waals surface area contributed by atoms with Crippen molar-refractivity contribution in [3.63, 3.8) is 0 Å². The lowest BCUT2D eigenvalue weighted by Crippen LogP contribution is -2.18. The second kappa shape index (κ2) is 7.04. The van der Waals surface area contributed by atoms with Gasteiger partial charge < -0.3 is 10.5 Å². The summed E-state index contributed by atoms with van der Waals surface area (Å²) < 4.78 is 5.01. The lowest BCUT2D eigenvalue weighted by atomic mass is 10.1. The largest absolute Gasteiger partial charge is 0.385 e. The average molecular weight is 228 g/mol. The second-order valence-electron chi connectivity index (χ2n) is 3.71. The number of rotatable bonds is 6. The summed E-state index contributed by atoms with van der Waals surface area (Å²) in [4.78, 5) is 4.44. The van der Waals surface area contributed by atoms with Gasteiger partial charge in [0.1, 0.15) is 5.50 Å². The third-order valence-electron chi connectivity index (χ3n) is 2.38. The minimum atomic E-state index is -0.0947. The number of unbranched alkanes of at least 4 members (excludes halogenated alkanes) is 2. The number of ether oxygens (including phenoxy) is 1. The molecule has 1 heterocycles. The summed E-state index contributed by atoms with van der Waals surface area (Å²) >= 11 is 1.59. The number of nitrogens with zero attached hydrogens (tertiary/aromatic N) is 1. The molecule has 15 heavy (non-hydrogen) atoms. The van der Waals surface area contributed by atoms with Crippen LogP contribution in [0.5, 0.6) is 0 Å². The average Bonchev–Trinajstić information content (AvgIpc) is 2.23. The first-order valence-corrected chi connectivity index (χ1v) is 6.32. The van der Waals surface area contributed by atoms with Crippen molar-refractivity contribution in [1.82, 2.24) is 0 Å². The van der Waals surface area contributed by atoms with Crippen molar-refractivity contribution in [2.75, 3.05) is 13.7 Å². The molecule has 2 N–H and O–H groups in total. The summed E-state index contributed by atoms with van der Waals surface area (Å²) in [6, 6.07) is 0. The predicted octanol–water partition coefficient (Wildman–Crippen LogP) is 2.53. The van der Waals surface area contributed by atoms with E-state index >= 15 is 0 Å². The van der Waals surface area contributed by atoms with Crippen LogP contribution in [0.25, 0.3) is 0 Å². The Morgan fingerprint density at radius 1 is 1.47 bits per heavy atom. The summed E-state index contributed by atoms with van der Waals surface area (Å²) in [6.07, 6.45) is 4.54. The molecule has 0 fully saturated rings. The normalized spacial score (nSPS) is 21.1. The van der Waals surface area contributed by atoms with Gasteiger partial charge in [-0.25, -0.2) is 0 Å². The van der Waals surface area contributed by atoms with Crippen LogP contribution < -0.4 is 5.73 Å². The molecule has 4 heteroatoms. The van der Waals surface area contributed by atoms with Crippen molar-refractivity contribution in [2.24, 2.45) is 10.7 Å². The molecule has 0 aliphatic carbocycles. The van der Waals surface area contributed by atoms with E-state index in [0.717, 1.165) is 19.4 Å². The van der Waals surface area contributed by atoms with Crippen LogP contribution in [0.1, 0.15) is 32.6 Å². The zero-order valence-corrected chi connectivity index (χ0v) is 10.3. The Morgan fingerprint density at radius 2 is 2.27 bits per heavy atom. The first kappa shape index (κ1) is 12.7. The minimum absolute atomic E-state index is 0.0947. The van der Waals surface area contributed by atoms with Crippen LogP contribution >= 0.6 is 11.8 Å². The molecule has 0 aromatic heterocycles. The molecule has 0 bridgehead atoms. The van der Waals surface area contributed by atoms with Gasteiger partial charge in [0.05, 0.1) is 0 Å². The molecule has 1 rings (SSSR count). The first-order chi connectivity index (χ1) is 7.24. The molecule has 86 valence electrons. The van der Waals surface area contributed by atoms with Crippen LogP contribution in [0.4, 0.5) is 0 Å². The monoisotopic (exact) mass is 228 g/mol. The van der Waals surface area contributed by atoms with Gasteiger partial charge >= 0.3 is 0 Å². The summed E-state index contributed by atoms with van der Waals surface area (Å²) in [5.74, 6) is 0. The van der Waals surface area contributed by atoms with Gasteiger partial charge in [0, 0.05) is 19.4 Å². The fourth-order valence-corrected chi connectivity index (χ4v) is 2.17. The SMILES string of the molecule is COCCCCCC1=NC(N)SC=C1C. The van der Waals surface area contributed by atoms with Gasteiger partial charge in [-0.2, -0.15) is 0 Å². The molecule has 0 amide bonds. The van der Waals surface area contributed by atoms with Gasteiger partial charge in [-0.3, -0.25) is 4.99 Å². The van der Waals surface area contributed by atoms with E-state index in [1.807, 2.05) is 0 Å². The van der Waals surface area contributed by atoms with Gasteiger partial charge in [-0.1, -0.05) is 18.2 Å². The molecule has 0 spiro atoms. The topological polar surface area (TPSA) is 47.6 Å². The smallest absolute Gasteiger partial charge is 0.148 e. The van der Waals surface area contributed by atoms with Crippen molar-refractivity contribution in [3.05, 3.63) is 11.0 Å². The zero-order valence-electron chi connectivity index (χ0n) is 9.53. The fourth-order valence-electron chi connectivity index (χ4n) is 1.50. The lowest BCUT2D eigenvalue weighted by Gasteiger charge is -2.15. The molecule has 0 saturated carbocycles. The van der Waals surface area contributed by atoms with Crippen molar-refractivity contribution in [1.29, 1.82) is 0 Å². The second-order valence-corrected chi connectivity index (χ2v) is 4.70. The Bertz CT molecular complexity index is 251. The zero-order chi connectivity index (χ0) is 11.1. The first-order valence-electron chi connectivity index (χ1n) is 5.38. The summed E-state index contributed by atoms with van der Waals surface area (Å²) in [5, 5.41) is 2.11. The molecule has 0 saturated heterocycles. The number of hydrogen-bond acceptors (Lipinski definition) is 4. The predicted molar refractivity (Wildman–Crippen MR) is 67.1 cm³/mol. The number of allylic oxidation sites excluding steroid dienone is 1. The number of methoxy groups -OCH3 is 1. The van der Waals surface area contributed by atoms with E-state index in [1.54, 1.807) is 18.9 Å². The molecule has 1 aliphatic heterocycles. The highest BCUT2D eigenvalue weighted by Gasteiger charge is 2.10. The highest BCUT2D eigenvalue weighted by Crippen LogP contribution is 2.21. The van der Waals surface area contributed by atoms with Crippen LogP contribution in [0.15, 0.2) is 16.0 Å². The van der Waals surface area contributed by atoms with Crippen molar-refractivity contribution >= 4 is 17.5 Å². The molecular formula is C11H20N2OS. The maximum Gasteiger partial charge on any atom is 0.148 e. The van der Waals surface area contributed by atoms with E-state index in [2.05, 4.69) is 17.3 Å². The summed E-state index contributed by atoms with van der Waals surface area (Å²) in [5.41, 5.74) is 8.11. The highest BCUT2D eigenvalue weighted by molar-refractivity contribution is 8.02. The third-order valence-corrected chi connectivity index (χ3v) is 3.26. The number of aliphatic imine (C=N–C) groups is 1. The number of nitrogens with two attached hydrogens (primary N) is 1. The van der Waals surface area contributed by atoms with E-state index in [0.29, 0.717) is 0 Å². The maximum absolute atomic E-state index is 5.75. The van der Waals surface area contributed by atoms with Crippen molar-refractivity contribution in [3.8, 4) is 0 Å². The molecule has 0 radical (unpaired) electrons. The van der Waals surface area contributed by atoms with E-state index < -0.39 is 0 Å². The molecular weight excluding hydrogens is 208 g/mol. The van der Waals surface area contributed by atoms with Crippen LogP contribution in [0, 0.1) is 0 Å². The quantitative estimate of drug-likeness (QED) is 0.711. The van der Waals surface area contributed by atoms with Crippen molar-refractivity contribution < 1.29 is 4.74 Å². The molecule has 3 nitrogen and oxygen atoms in total. The maximum atomic E-state index is 5.75. The summed E-state index contributed by atoms with van der Waals surface area (Å²) in [7, 11) is 1.74. The molecule has 1 unspecified atom stereocenters. The summed E-state index contributed by atoms with van der Waals surface area (Å²) in [6.45, 7) is 2.96. The van der Waals surface area contributed by atoms with Crippen LogP contribution in [0.3, 0.4) is 0 Å². The molecule has 0 aromatic rings. The van der Waals surface area contributed by atoms with E-state index in [4.69, 9.17) is 10.5 Å². The Hall–Kier alpha value is -0.320. The van der Waals surface area contributed by atoms with Crippen molar-refractivity contribution in [2.45, 2.75) is 38.1 Å². The Labute approximate surface area is 96.2 Å². The highest BCUT2D eigenvalue weighted by atomic mass is 32.2. The Balaban J connectivity index is 2.22. The third kappa shape index (κ3) is 4.82. The Morgan fingerprint density at radius 3 is 3.00 bits per heavy atom. The van der Waals surface area contributed by atoms with Crippen LogP contribution in [0.2, 0.25) is 0 Å². The number of hydrogen-bond donors (Lipinski definition) is 1. The van der Waals surface area contributed by atoms with E-state index in [-0.39, 0.29) is 5.50 Å². The van der Waals surface area contributed by atoms with E-state index in [1.165, 1.54) is 24.1 Å². The van der Waals surface area contributed by atoms with Gasteiger partial charge in [0.25, 0.3) is 0 Å². The number of thioether (sulfide) groups is 1. The molecule has 1 atom stereocenters. The van der Waals surface area contributed by atoms with Crippen LogP contribution in [-0.4, -0.2) is 24.9 Å². The Kier molecular flexibility index (Phi) is 5.98. The van der Waals surface area contributed by atoms with Gasteiger partial charge in [0.15, 0.2) is 0 Å². The lowest BCUT2D eigenvalue weighted by molar-refractivity contribution is 0.192. The molecule has 0 aromatic carbocycles. The fraction of sp³-hybridized carbons (Fsp3) is 0.727. The standard InChI is InChI=1S/C11H20N2OS/c1-9-8-15-11(12)13-10(9)6-4-3-5-7-14-2/h8,11H,3-7,12H2,1-2H3. The van der Waals surface area contributed by atoms with Gasteiger partial charge in [-0.15, -0.1) is 0 Å². The van der Waals surface area contributed by atoms with Crippen LogP contribution in [-0.2, 0) is 4.74 Å². The minimum Gasteiger partial charge on any atom is -0.385 e.